The molecule has 0 atom stereocenters. The van der Waals surface area contributed by atoms with Gasteiger partial charge in [-0.3, -0.25) is 4.79 Å². The quantitative estimate of drug-likeness (QED) is 0.599. The number of aromatic nitrogens is 2. The Balaban J connectivity index is 1.45. The second kappa shape index (κ2) is 9.02. The third-order valence-electron chi connectivity index (χ3n) is 5.72. The number of aryl methyl sites for hydroxylation is 2. The predicted molar refractivity (Wildman–Crippen MR) is 123 cm³/mol. The van der Waals surface area contributed by atoms with Crippen molar-refractivity contribution in [3.05, 3.63) is 76.1 Å². The number of amides is 1. The monoisotopic (exact) mass is 438 g/mol. The molecule has 31 heavy (non-hydrogen) atoms. The van der Waals surface area contributed by atoms with Crippen LogP contribution in [0.5, 0.6) is 5.75 Å². The van der Waals surface area contributed by atoms with Gasteiger partial charge in [0, 0.05) is 37.9 Å². The lowest BCUT2D eigenvalue weighted by molar-refractivity contribution is 0.0746. The van der Waals surface area contributed by atoms with Crippen LogP contribution >= 0.6 is 11.6 Å². The summed E-state index contributed by atoms with van der Waals surface area (Å²) in [6.07, 6.45) is 0. The van der Waals surface area contributed by atoms with E-state index in [1.165, 1.54) is 5.56 Å². The lowest BCUT2D eigenvalue weighted by atomic mass is 10.1. The highest BCUT2D eigenvalue weighted by molar-refractivity contribution is 6.33. The summed E-state index contributed by atoms with van der Waals surface area (Å²) in [5.74, 6) is 0.780. The Morgan fingerprint density at radius 2 is 1.77 bits per heavy atom. The third kappa shape index (κ3) is 4.54. The van der Waals surface area contributed by atoms with Crippen molar-refractivity contribution in [1.29, 1.82) is 0 Å². The SMILES string of the molecule is COc1cccc(N2CCN(C(=O)c3c(C)nn(Cc4ccc(C)cc4)c3Cl)CC2)c1. The molecule has 1 saturated heterocycles. The average molecular weight is 439 g/mol. The first kappa shape index (κ1) is 21.2. The van der Waals surface area contributed by atoms with E-state index in [1.807, 2.05) is 30.0 Å². The molecule has 0 N–H and O–H groups in total. The van der Waals surface area contributed by atoms with Crippen molar-refractivity contribution >= 4 is 23.2 Å². The highest BCUT2D eigenvalue weighted by atomic mass is 35.5. The van der Waals surface area contributed by atoms with Crippen molar-refractivity contribution in [3.8, 4) is 5.75 Å². The molecule has 1 aliphatic rings. The van der Waals surface area contributed by atoms with Crippen molar-refractivity contribution in [2.75, 3.05) is 38.2 Å². The van der Waals surface area contributed by atoms with Crippen molar-refractivity contribution in [3.63, 3.8) is 0 Å². The van der Waals surface area contributed by atoms with Gasteiger partial charge >= 0.3 is 0 Å². The van der Waals surface area contributed by atoms with Crippen LogP contribution in [0.25, 0.3) is 0 Å². The van der Waals surface area contributed by atoms with Crippen LogP contribution < -0.4 is 9.64 Å². The van der Waals surface area contributed by atoms with Crippen LogP contribution in [-0.4, -0.2) is 53.9 Å². The average Bonchev–Trinajstić information content (AvgIpc) is 3.07. The molecule has 1 amide bonds. The minimum atomic E-state index is -0.0528. The first-order chi connectivity index (χ1) is 15.0. The summed E-state index contributed by atoms with van der Waals surface area (Å²) >= 11 is 6.61. The molecule has 0 bridgehead atoms. The molecule has 1 aromatic heterocycles. The first-order valence-electron chi connectivity index (χ1n) is 10.4. The summed E-state index contributed by atoms with van der Waals surface area (Å²) in [5, 5.41) is 4.94. The van der Waals surface area contributed by atoms with Crippen LogP contribution in [0.1, 0.15) is 27.2 Å². The molecular formula is C24H27ClN4O2. The standard InChI is InChI=1S/C24H27ClN4O2/c1-17-7-9-19(10-8-17)16-29-23(25)22(18(2)26-29)24(30)28-13-11-27(12-14-28)20-5-4-6-21(15-20)31-3/h4-10,15H,11-14,16H2,1-3H3. The number of anilines is 1. The van der Waals surface area contributed by atoms with E-state index in [4.69, 9.17) is 16.3 Å². The Hall–Kier alpha value is -2.99. The molecule has 6 nitrogen and oxygen atoms in total. The van der Waals surface area contributed by atoms with Gasteiger partial charge in [-0.2, -0.15) is 5.10 Å². The Bertz CT molecular complexity index is 1070. The van der Waals surface area contributed by atoms with E-state index >= 15 is 0 Å². The van der Waals surface area contributed by atoms with E-state index in [2.05, 4.69) is 47.3 Å². The molecule has 162 valence electrons. The predicted octanol–water partition coefficient (Wildman–Crippen LogP) is 4.17. The van der Waals surface area contributed by atoms with Crippen LogP contribution in [0, 0.1) is 13.8 Å². The van der Waals surface area contributed by atoms with Gasteiger partial charge in [-0.15, -0.1) is 0 Å². The largest absolute Gasteiger partial charge is 0.497 e. The molecule has 0 radical (unpaired) electrons. The second-order valence-electron chi connectivity index (χ2n) is 7.88. The minimum Gasteiger partial charge on any atom is -0.497 e. The lowest BCUT2D eigenvalue weighted by Crippen LogP contribution is -2.49. The summed E-state index contributed by atoms with van der Waals surface area (Å²) < 4.78 is 7.03. The summed E-state index contributed by atoms with van der Waals surface area (Å²) in [7, 11) is 1.67. The van der Waals surface area contributed by atoms with Gasteiger partial charge in [0.15, 0.2) is 0 Å². The van der Waals surface area contributed by atoms with Crippen LogP contribution in [0.2, 0.25) is 5.15 Å². The first-order valence-corrected chi connectivity index (χ1v) is 10.8. The van der Waals surface area contributed by atoms with Crippen LogP contribution in [0.15, 0.2) is 48.5 Å². The highest BCUT2D eigenvalue weighted by Crippen LogP contribution is 2.25. The van der Waals surface area contributed by atoms with Gasteiger partial charge < -0.3 is 14.5 Å². The number of hydrogen-bond donors (Lipinski definition) is 0. The van der Waals surface area contributed by atoms with Gasteiger partial charge in [-0.1, -0.05) is 47.5 Å². The number of piperazine rings is 1. The Morgan fingerprint density at radius 3 is 2.45 bits per heavy atom. The Labute approximate surface area is 188 Å². The van der Waals surface area contributed by atoms with Gasteiger partial charge in [0.25, 0.3) is 5.91 Å². The van der Waals surface area contributed by atoms with E-state index in [-0.39, 0.29) is 5.91 Å². The second-order valence-corrected chi connectivity index (χ2v) is 8.23. The maximum absolute atomic E-state index is 13.2. The number of halogens is 1. The van der Waals surface area contributed by atoms with E-state index < -0.39 is 0 Å². The fourth-order valence-corrected chi connectivity index (χ4v) is 4.22. The van der Waals surface area contributed by atoms with Gasteiger partial charge in [-0.05, 0) is 31.5 Å². The molecule has 7 heteroatoms. The maximum atomic E-state index is 13.2. The molecule has 0 saturated carbocycles. The number of carbonyl (C=O) groups is 1. The smallest absolute Gasteiger partial charge is 0.259 e. The van der Waals surface area contributed by atoms with Gasteiger partial charge in [0.05, 0.1) is 24.9 Å². The molecule has 4 rings (SSSR count). The van der Waals surface area contributed by atoms with E-state index in [0.717, 1.165) is 30.1 Å². The number of methoxy groups -OCH3 is 1. The summed E-state index contributed by atoms with van der Waals surface area (Å²) in [4.78, 5) is 17.4. The van der Waals surface area contributed by atoms with Crippen LogP contribution in [-0.2, 0) is 6.54 Å². The van der Waals surface area contributed by atoms with Gasteiger partial charge in [0.1, 0.15) is 10.9 Å². The summed E-state index contributed by atoms with van der Waals surface area (Å²) in [6.45, 7) is 7.22. The normalized spacial score (nSPS) is 14.1. The van der Waals surface area contributed by atoms with Crippen LogP contribution in [0.3, 0.4) is 0 Å². The number of rotatable bonds is 5. The Morgan fingerprint density at radius 1 is 1.06 bits per heavy atom. The molecule has 1 aliphatic heterocycles. The van der Waals surface area contributed by atoms with Crippen molar-refractivity contribution in [2.24, 2.45) is 0 Å². The molecule has 1 fully saturated rings. The van der Waals surface area contributed by atoms with Gasteiger partial charge in [0.2, 0.25) is 0 Å². The minimum absolute atomic E-state index is 0.0528. The maximum Gasteiger partial charge on any atom is 0.259 e. The number of benzene rings is 2. The summed E-state index contributed by atoms with van der Waals surface area (Å²) in [6, 6.07) is 16.2. The number of hydrogen-bond acceptors (Lipinski definition) is 4. The third-order valence-corrected chi connectivity index (χ3v) is 6.10. The van der Waals surface area contributed by atoms with Crippen molar-refractivity contribution < 1.29 is 9.53 Å². The molecule has 0 unspecified atom stereocenters. The molecule has 3 aromatic rings. The zero-order valence-electron chi connectivity index (χ0n) is 18.1. The summed E-state index contributed by atoms with van der Waals surface area (Å²) in [5.41, 5.74) is 4.57. The van der Waals surface area contributed by atoms with E-state index in [9.17, 15) is 4.79 Å². The van der Waals surface area contributed by atoms with E-state index in [1.54, 1.807) is 11.8 Å². The van der Waals surface area contributed by atoms with E-state index in [0.29, 0.717) is 36.0 Å². The molecule has 0 aliphatic carbocycles. The van der Waals surface area contributed by atoms with Gasteiger partial charge in [-0.25, -0.2) is 4.68 Å². The lowest BCUT2D eigenvalue weighted by Gasteiger charge is -2.36. The van der Waals surface area contributed by atoms with Crippen LogP contribution in [0.4, 0.5) is 5.69 Å². The number of carbonyl (C=O) groups excluding carboxylic acids is 1. The van der Waals surface area contributed by atoms with Crippen molar-refractivity contribution in [2.45, 2.75) is 20.4 Å². The highest BCUT2D eigenvalue weighted by Gasteiger charge is 2.28. The number of ether oxygens (including phenoxy) is 1. The fourth-order valence-electron chi connectivity index (χ4n) is 3.90. The molecular weight excluding hydrogens is 412 g/mol. The zero-order valence-corrected chi connectivity index (χ0v) is 18.9. The number of nitrogens with zero attached hydrogens (tertiary/aromatic N) is 4. The topological polar surface area (TPSA) is 50.6 Å². The molecule has 2 aromatic carbocycles. The fraction of sp³-hybridized carbons (Fsp3) is 0.333. The Kier molecular flexibility index (Phi) is 6.18. The van der Waals surface area contributed by atoms with Crippen molar-refractivity contribution in [1.82, 2.24) is 14.7 Å². The molecule has 0 spiro atoms. The molecule has 2 heterocycles. The zero-order chi connectivity index (χ0) is 22.0.